The number of nitrogens with one attached hydrogen (secondary N) is 1. The Bertz CT molecular complexity index is 852. The summed E-state index contributed by atoms with van der Waals surface area (Å²) in [5.74, 6) is -0.227. The fourth-order valence-corrected chi connectivity index (χ4v) is 2.99. The number of nitrogens with zero attached hydrogens (tertiary/aromatic N) is 1. The second kappa shape index (κ2) is 11.3. The molecule has 0 saturated heterocycles. The first-order valence-electron chi connectivity index (χ1n) is 10.3. The van der Waals surface area contributed by atoms with Crippen molar-refractivity contribution in [2.45, 2.75) is 53.1 Å². The number of benzene rings is 2. The van der Waals surface area contributed by atoms with Gasteiger partial charge in [0.1, 0.15) is 17.6 Å². The van der Waals surface area contributed by atoms with Gasteiger partial charge < -0.3 is 15.0 Å². The van der Waals surface area contributed by atoms with Crippen LogP contribution >= 0.6 is 0 Å². The fourth-order valence-electron chi connectivity index (χ4n) is 2.99. The Morgan fingerprint density at radius 1 is 1.13 bits per heavy atom. The minimum absolute atomic E-state index is 0.182. The predicted octanol–water partition coefficient (Wildman–Crippen LogP) is 4.15. The summed E-state index contributed by atoms with van der Waals surface area (Å²) in [6, 6.07) is 11.0. The molecular formula is C24H31FN2O3. The lowest BCUT2D eigenvalue weighted by Gasteiger charge is -2.29. The van der Waals surface area contributed by atoms with Crippen LogP contribution in [0.5, 0.6) is 5.75 Å². The molecule has 2 amide bonds. The molecule has 0 aliphatic heterocycles. The van der Waals surface area contributed by atoms with Crippen molar-refractivity contribution in [3.05, 3.63) is 65.0 Å². The van der Waals surface area contributed by atoms with Crippen LogP contribution in [-0.4, -0.2) is 35.9 Å². The van der Waals surface area contributed by atoms with E-state index in [1.54, 1.807) is 19.1 Å². The van der Waals surface area contributed by atoms with Gasteiger partial charge in [0.05, 0.1) is 0 Å². The summed E-state index contributed by atoms with van der Waals surface area (Å²) in [5, 5.41) is 2.87. The molecule has 30 heavy (non-hydrogen) atoms. The standard InChI is InChI=1S/C24H31FN2O3/c1-5-6-13-26-24(29)19(4)27(15-20-9-11-21(25)12-10-20)23(28)16-30-22-14-17(2)7-8-18(22)3/h7-12,14,19H,5-6,13,15-16H2,1-4H3,(H,26,29)/t19-/m0/s1. The van der Waals surface area contributed by atoms with Gasteiger partial charge in [-0.3, -0.25) is 9.59 Å². The second-order valence-corrected chi connectivity index (χ2v) is 7.53. The van der Waals surface area contributed by atoms with Crippen LogP contribution in [0.3, 0.4) is 0 Å². The highest BCUT2D eigenvalue weighted by molar-refractivity contribution is 5.87. The highest BCUT2D eigenvalue weighted by atomic mass is 19.1. The van der Waals surface area contributed by atoms with Crippen LogP contribution in [0.1, 0.15) is 43.4 Å². The van der Waals surface area contributed by atoms with Crippen molar-refractivity contribution >= 4 is 11.8 Å². The Kier molecular flexibility index (Phi) is 8.84. The topological polar surface area (TPSA) is 58.6 Å². The highest BCUT2D eigenvalue weighted by Crippen LogP contribution is 2.19. The molecule has 0 aliphatic rings. The van der Waals surface area contributed by atoms with E-state index in [0.717, 1.165) is 29.5 Å². The maximum Gasteiger partial charge on any atom is 0.261 e. The largest absolute Gasteiger partial charge is 0.483 e. The van der Waals surface area contributed by atoms with Crippen LogP contribution in [0.25, 0.3) is 0 Å². The van der Waals surface area contributed by atoms with Crippen LogP contribution in [0.2, 0.25) is 0 Å². The number of ether oxygens (including phenoxy) is 1. The summed E-state index contributed by atoms with van der Waals surface area (Å²) < 4.78 is 19.0. The first kappa shape index (κ1) is 23.4. The Hall–Kier alpha value is -2.89. The van der Waals surface area contributed by atoms with E-state index in [2.05, 4.69) is 5.32 Å². The molecule has 2 aromatic rings. The van der Waals surface area contributed by atoms with Crippen molar-refractivity contribution in [1.82, 2.24) is 10.2 Å². The van der Waals surface area contributed by atoms with E-state index in [4.69, 9.17) is 4.74 Å². The first-order chi connectivity index (χ1) is 14.3. The average molecular weight is 415 g/mol. The van der Waals surface area contributed by atoms with Gasteiger partial charge in [-0.2, -0.15) is 0 Å². The predicted molar refractivity (Wildman–Crippen MR) is 116 cm³/mol. The van der Waals surface area contributed by atoms with Crippen LogP contribution in [0.4, 0.5) is 4.39 Å². The van der Waals surface area contributed by atoms with Gasteiger partial charge in [-0.1, -0.05) is 37.6 Å². The quantitative estimate of drug-likeness (QED) is 0.594. The van der Waals surface area contributed by atoms with Crippen molar-refractivity contribution in [1.29, 1.82) is 0 Å². The molecule has 0 aliphatic carbocycles. The molecule has 2 rings (SSSR count). The lowest BCUT2D eigenvalue weighted by Crippen LogP contribution is -2.49. The minimum atomic E-state index is -0.679. The molecular weight excluding hydrogens is 383 g/mol. The van der Waals surface area contributed by atoms with Gasteiger partial charge in [-0.05, 0) is 62.1 Å². The van der Waals surface area contributed by atoms with E-state index in [9.17, 15) is 14.0 Å². The van der Waals surface area contributed by atoms with Crippen LogP contribution < -0.4 is 10.1 Å². The monoisotopic (exact) mass is 414 g/mol. The summed E-state index contributed by atoms with van der Waals surface area (Å²) in [6.07, 6.45) is 1.84. The van der Waals surface area contributed by atoms with Gasteiger partial charge in [0, 0.05) is 13.1 Å². The molecule has 6 heteroatoms. The van der Waals surface area contributed by atoms with Gasteiger partial charge in [-0.15, -0.1) is 0 Å². The van der Waals surface area contributed by atoms with E-state index < -0.39 is 6.04 Å². The minimum Gasteiger partial charge on any atom is -0.483 e. The highest BCUT2D eigenvalue weighted by Gasteiger charge is 2.26. The SMILES string of the molecule is CCCCNC(=O)[C@H](C)N(Cc1ccc(F)cc1)C(=O)COc1cc(C)ccc1C. The Morgan fingerprint density at radius 2 is 1.83 bits per heavy atom. The molecule has 0 fully saturated rings. The molecule has 0 radical (unpaired) electrons. The summed E-state index contributed by atoms with van der Waals surface area (Å²) in [6.45, 7) is 8.19. The third-order valence-electron chi connectivity index (χ3n) is 4.96. The zero-order chi connectivity index (χ0) is 22.1. The number of aryl methyl sites for hydroxylation is 2. The van der Waals surface area contributed by atoms with E-state index in [1.165, 1.54) is 17.0 Å². The van der Waals surface area contributed by atoms with Crippen molar-refractivity contribution in [2.75, 3.05) is 13.2 Å². The Labute approximate surface area is 178 Å². The maximum atomic E-state index is 13.3. The van der Waals surface area contributed by atoms with E-state index in [0.29, 0.717) is 12.3 Å². The number of carbonyl (C=O) groups is 2. The number of halogens is 1. The molecule has 0 saturated carbocycles. The van der Waals surface area contributed by atoms with Gasteiger partial charge in [0.2, 0.25) is 5.91 Å². The number of rotatable bonds is 10. The van der Waals surface area contributed by atoms with Crippen molar-refractivity contribution in [2.24, 2.45) is 0 Å². The smallest absolute Gasteiger partial charge is 0.261 e. The van der Waals surface area contributed by atoms with Gasteiger partial charge in [0.15, 0.2) is 6.61 Å². The third-order valence-corrected chi connectivity index (χ3v) is 4.96. The molecule has 1 N–H and O–H groups in total. The van der Waals surface area contributed by atoms with Crippen LogP contribution in [-0.2, 0) is 16.1 Å². The van der Waals surface area contributed by atoms with Gasteiger partial charge in [-0.25, -0.2) is 4.39 Å². The van der Waals surface area contributed by atoms with Gasteiger partial charge in [0.25, 0.3) is 5.91 Å². The first-order valence-corrected chi connectivity index (χ1v) is 10.3. The summed E-state index contributed by atoms with van der Waals surface area (Å²) >= 11 is 0. The summed E-state index contributed by atoms with van der Waals surface area (Å²) in [4.78, 5) is 27.1. The molecule has 0 heterocycles. The van der Waals surface area contributed by atoms with Crippen molar-refractivity contribution in [3.8, 4) is 5.75 Å². The molecule has 1 atom stereocenters. The normalized spacial score (nSPS) is 11.6. The molecule has 2 aromatic carbocycles. The molecule has 0 bridgehead atoms. The van der Waals surface area contributed by atoms with Gasteiger partial charge >= 0.3 is 0 Å². The van der Waals surface area contributed by atoms with E-state index in [1.807, 2.05) is 39.0 Å². The number of hydrogen-bond acceptors (Lipinski definition) is 3. The average Bonchev–Trinajstić information content (AvgIpc) is 2.73. The molecule has 0 unspecified atom stereocenters. The third kappa shape index (κ3) is 6.87. The second-order valence-electron chi connectivity index (χ2n) is 7.53. The molecule has 0 aromatic heterocycles. The fraction of sp³-hybridized carbons (Fsp3) is 0.417. The lowest BCUT2D eigenvalue weighted by molar-refractivity contribution is -0.142. The van der Waals surface area contributed by atoms with Crippen molar-refractivity contribution in [3.63, 3.8) is 0 Å². The summed E-state index contributed by atoms with van der Waals surface area (Å²) in [7, 11) is 0. The zero-order valence-electron chi connectivity index (χ0n) is 18.2. The lowest BCUT2D eigenvalue weighted by atomic mass is 10.1. The van der Waals surface area contributed by atoms with E-state index >= 15 is 0 Å². The van der Waals surface area contributed by atoms with E-state index in [-0.39, 0.29) is 30.8 Å². The number of amides is 2. The number of hydrogen-bond donors (Lipinski definition) is 1. The molecule has 0 spiro atoms. The summed E-state index contributed by atoms with van der Waals surface area (Å²) in [5.41, 5.74) is 2.71. The number of carbonyl (C=O) groups excluding carboxylic acids is 2. The Morgan fingerprint density at radius 3 is 2.50 bits per heavy atom. The van der Waals surface area contributed by atoms with Crippen molar-refractivity contribution < 1.29 is 18.7 Å². The van der Waals surface area contributed by atoms with Crippen LogP contribution in [0, 0.1) is 19.7 Å². The zero-order valence-corrected chi connectivity index (χ0v) is 18.2. The maximum absolute atomic E-state index is 13.3. The number of unbranched alkanes of at least 4 members (excludes halogenated alkanes) is 1. The van der Waals surface area contributed by atoms with Crippen LogP contribution in [0.15, 0.2) is 42.5 Å². The molecule has 5 nitrogen and oxygen atoms in total. The molecule has 162 valence electrons. The Balaban J connectivity index is 2.13.